The predicted molar refractivity (Wildman–Crippen MR) is 68.6 cm³/mol. The molecule has 0 spiro atoms. The minimum Gasteiger partial charge on any atom is -0.494 e. The largest absolute Gasteiger partial charge is 0.494 e. The van der Waals surface area contributed by atoms with Gasteiger partial charge in [0.1, 0.15) is 17.6 Å². The lowest BCUT2D eigenvalue weighted by Crippen LogP contribution is -2.08. The summed E-state index contributed by atoms with van der Waals surface area (Å²) in [5, 5.41) is 0. The first-order chi connectivity index (χ1) is 8.61. The number of carbonyl (C=O) groups excluding carboxylic acids is 1. The molecule has 1 aliphatic carbocycles. The van der Waals surface area contributed by atoms with Gasteiger partial charge in [0.05, 0.1) is 12.2 Å². The van der Waals surface area contributed by atoms with Crippen molar-refractivity contribution in [1.29, 1.82) is 0 Å². The average Bonchev–Trinajstić information content (AvgIpc) is 2.81. The number of fused-ring (bicyclic) bond motifs is 3. The zero-order valence-corrected chi connectivity index (χ0v) is 11.1. The molecule has 2 aliphatic rings. The number of rotatable bonds is 2. The Morgan fingerprint density at radius 3 is 2.89 bits per heavy atom. The Labute approximate surface area is 107 Å². The van der Waals surface area contributed by atoms with Gasteiger partial charge in [-0.1, -0.05) is 6.92 Å². The van der Waals surface area contributed by atoms with E-state index in [2.05, 4.69) is 6.07 Å². The van der Waals surface area contributed by atoms with E-state index < -0.39 is 0 Å². The van der Waals surface area contributed by atoms with Crippen LogP contribution in [0.2, 0.25) is 0 Å². The Balaban J connectivity index is 2.18. The van der Waals surface area contributed by atoms with Crippen LogP contribution in [0.1, 0.15) is 42.3 Å². The van der Waals surface area contributed by atoms with Crippen LogP contribution in [0.3, 0.4) is 0 Å². The second-order valence-electron chi connectivity index (χ2n) is 5.25. The van der Waals surface area contributed by atoms with E-state index in [0.29, 0.717) is 6.61 Å². The van der Waals surface area contributed by atoms with Gasteiger partial charge in [0.15, 0.2) is 5.78 Å². The minimum atomic E-state index is 0.0465. The molecule has 0 bridgehead atoms. The summed E-state index contributed by atoms with van der Waals surface area (Å²) in [6, 6.07) is 2.06. The SMILES string of the molecule is CCOc1cc2c(c3c1CC(C)C3=O)OC(C)C2. The number of ether oxygens (including phenoxy) is 2. The normalized spacial score (nSPS) is 24.7. The van der Waals surface area contributed by atoms with E-state index in [1.54, 1.807) is 0 Å². The number of carbonyl (C=O) groups is 1. The van der Waals surface area contributed by atoms with Gasteiger partial charge in [-0.25, -0.2) is 0 Å². The molecule has 96 valence electrons. The van der Waals surface area contributed by atoms with Crippen LogP contribution in [-0.2, 0) is 12.8 Å². The highest BCUT2D eigenvalue weighted by Gasteiger charge is 2.37. The quantitative estimate of drug-likeness (QED) is 0.805. The van der Waals surface area contributed by atoms with E-state index in [0.717, 1.165) is 41.0 Å². The molecule has 0 saturated carbocycles. The molecule has 2 unspecified atom stereocenters. The van der Waals surface area contributed by atoms with E-state index in [4.69, 9.17) is 9.47 Å². The summed E-state index contributed by atoms with van der Waals surface area (Å²) >= 11 is 0. The van der Waals surface area contributed by atoms with Gasteiger partial charge < -0.3 is 9.47 Å². The van der Waals surface area contributed by atoms with E-state index >= 15 is 0 Å². The highest BCUT2D eigenvalue weighted by molar-refractivity contribution is 6.05. The van der Waals surface area contributed by atoms with Crippen LogP contribution < -0.4 is 9.47 Å². The van der Waals surface area contributed by atoms with Crippen molar-refractivity contribution in [3.8, 4) is 11.5 Å². The van der Waals surface area contributed by atoms with Gasteiger partial charge in [0, 0.05) is 23.5 Å². The summed E-state index contributed by atoms with van der Waals surface area (Å²) in [5.41, 5.74) is 2.95. The first kappa shape index (κ1) is 11.6. The second-order valence-corrected chi connectivity index (χ2v) is 5.25. The van der Waals surface area contributed by atoms with Gasteiger partial charge in [0.2, 0.25) is 0 Å². The fourth-order valence-corrected chi connectivity index (χ4v) is 2.96. The van der Waals surface area contributed by atoms with E-state index in [9.17, 15) is 4.79 Å². The van der Waals surface area contributed by atoms with E-state index in [1.807, 2.05) is 20.8 Å². The fourth-order valence-electron chi connectivity index (χ4n) is 2.96. The van der Waals surface area contributed by atoms with Gasteiger partial charge in [-0.15, -0.1) is 0 Å². The minimum absolute atomic E-state index is 0.0465. The Kier molecular flexibility index (Phi) is 2.58. The monoisotopic (exact) mass is 246 g/mol. The first-order valence-electron chi connectivity index (χ1n) is 6.64. The average molecular weight is 246 g/mol. The number of Topliss-reactive ketones (excluding diaryl/α,β-unsaturated/α-hetero) is 1. The maximum absolute atomic E-state index is 12.3. The van der Waals surface area contributed by atoms with Gasteiger partial charge in [-0.2, -0.15) is 0 Å². The number of hydrogen-bond acceptors (Lipinski definition) is 3. The van der Waals surface area contributed by atoms with Gasteiger partial charge >= 0.3 is 0 Å². The number of ketones is 1. The zero-order valence-electron chi connectivity index (χ0n) is 11.1. The summed E-state index contributed by atoms with van der Waals surface area (Å²) in [4.78, 5) is 12.3. The maximum Gasteiger partial charge on any atom is 0.170 e. The van der Waals surface area contributed by atoms with Crippen LogP contribution >= 0.6 is 0 Å². The highest BCUT2D eigenvalue weighted by Crippen LogP contribution is 2.45. The van der Waals surface area contributed by atoms with Crippen LogP contribution in [0.25, 0.3) is 0 Å². The van der Waals surface area contributed by atoms with Crippen molar-refractivity contribution in [3.63, 3.8) is 0 Å². The molecule has 0 amide bonds. The van der Waals surface area contributed by atoms with E-state index in [1.165, 1.54) is 0 Å². The summed E-state index contributed by atoms with van der Waals surface area (Å²) < 4.78 is 11.5. The predicted octanol–water partition coefficient (Wildman–Crippen LogP) is 2.78. The third-order valence-corrected chi connectivity index (χ3v) is 3.75. The molecule has 3 nitrogen and oxygen atoms in total. The van der Waals surface area contributed by atoms with E-state index in [-0.39, 0.29) is 17.8 Å². The van der Waals surface area contributed by atoms with Crippen LogP contribution in [0.15, 0.2) is 6.07 Å². The Hall–Kier alpha value is -1.51. The molecule has 0 saturated heterocycles. The molecule has 2 atom stereocenters. The lowest BCUT2D eigenvalue weighted by atomic mass is 10.0. The molecule has 18 heavy (non-hydrogen) atoms. The van der Waals surface area contributed by atoms with Crippen molar-refractivity contribution < 1.29 is 14.3 Å². The molecule has 1 aromatic rings. The molecule has 3 heteroatoms. The molecule has 0 aromatic heterocycles. The molecule has 0 fully saturated rings. The van der Waals surface area contributed by atoms with Crippen molar-refractivity contribution in [2.75, 3.05) is 6.61 Å². The lowest BCUT2D eigenvalue weighted by Gasteiger charge is -2.12. The molecule has 1 aliphatic heterocycles. The van der Waals surface area contributed by atoms with Gasteiger partial charge in [0.25, 0.3) is 0 Å². The van der Waals surface area contributed by atoms with Crippen LogP contribution in [0.4, 0.5) is 0 Å². The third kappa shape index (κ3) is 1.53. The molecule has 3 rings (SSSR count). The van der Waals surface area contributed by atoms with Crippen LogP contribution in [-0.4, -0.2) is 18.5 Å². The second kappa shape index (κ2) is 4.01. The summed E-state index contributed by atoms with van der Waals surface area (Å²) in [6.45, 7) is 6.61. The summed E-state index contributed by atoms with van der Waals surface area (Å²) in [7, 11) is 0. The molecular weight excluding hydrogens is 228 g/mol. The van der Waals surface area contributed by atoms with Crippen molar-refractivity contribution in [2.24, 2.45) is 5.92 Å². The number of hydrogen-bond donors (Lipinski definition) is 0. The summed E-state index contributed by atoms with van der Waals surface area (Å²) in [6.07, 6.45) is 1.79. The van der Waals surface area contributed by atoms with Crippen molar-refractivity contribution in [3.05, 3.63) is 22.8 Å². The van der Waals surface area contributed by atoms with Crippen molar-refractivity contribution in [2.45, 2.75) is 39.7 Å². The van der Waals surface area contributed by atoms with Gasteiger partial charge in [-0.05, 0) is 26.3 Å². The Morgan fingerprint density at radius 2 is 2.17 bits per heavy atom. The molecule has 0 radical (unpaired) electrons. The molecule has 1 heterocycles. The number of benzene rings is 1. The standard InChI is InChI=1S/C15H18O3/c1-4-17-12-7-10-6-9(3)18-15(10)13-11(12)5-8(2)14(13)16/h7-9H,4-6H2,1-3H3. The van der Waals surface area contributed by atoms with Crippen LogP contribution in [0.5, 0.6) is 11.5 Å². The van der Waals surface area contributed by atoms with Gasteiger partial charge in [-0.3, -0.25) is 4.79 Å². The third-order valence-electron chi connectivity index (χ3n) is 3.75. The van der Waals surface area contributed by atoms with Crippen LogP contribution in [0, 0.1) is 5.92 Å². The lowest BCUT2D eigenvalue weighted by molar-refractivity contribution is 0.0942. The summed E-state index contributed by atoms with van der Waals surface area (Å²) in [5.74, 6) is 1.94. The molecular formula is C15H18O3. The maximum atomic E-state index is 12.3. The Morgan fingerprint density at radius 1 is 1.39 bits per heavy atom. The van der Waals surface area contributed by atoms with Crippen molar-refractivity contribution >= 4 is 5.78 Å². The zero-order chi connectivity index (χ0) is 12.9. The Bertz CT molecular complexity index is 519. The molecule has 0 N–H and O–H groups in total. The van der Waals surface area contributed by atoms with Crippen molar-refractivity contribution in [1.82, 2.24) is 0 Å². The smallest absolute Gasteiger partial charge is 0.170 e. The first-order valence-corrected chi connectivity index (χ1v) is 6.64. The fraction of sp³-hybridized carbons (Fsp3) is 0.533. The molecule has 1 aromatic carbocycles. The topological polar surface area (TPSA) is 35.5 Å². The highest BCUT2D eigenvalue weighted by atomic mass is 16.5.